The lowest BCUT2D eigenvalue weighted by molar-refractivity contribution is -0.139. The molecule has 1 unspecified atom stereocenters. The Balaban J connectivity index is 2.83. The summed E-state index contributed by atoms with van der Waals surface area (Å²) in [6.45, 7) is 1.79. The lowest BCUT2D eigenvalue weighted by atomic mass is 10.2. The van der Waals surface area contributed by atoms with Crippen LogP contribution in [0.25, 0.3) is 0 Å². The summed E-state index contributed by atoms with van der Waals surface area (Å²) in [7, 11) is 0. The molecule has 0 radical (unpaired) electrons. The molecule has 128 valence electrons. The zero-order chi connectivity index (χ0) is 18.1. The number of rotatable bonds is 8. The molecule has 1 rings (SSSR count). The van der Waals surface area contributed by atoms with Crippen LogP contribution in [0.4, 0.5) is 5.69 Å². The number of carbonyl (C=O) groups excluding carboxylic acids is 1. The summed E-state index contributed by atoms with van der Waals surface area (Å²) in [6, 6.07) is 5.92. The Bertz CT molecular complexity index is 686. The lowest BCUT2D eigenvalue weighted by Crippen LogP contribution is -2.34. The van der Waals surface area contributed by atoms with Crippen molar-refractivity contribution in [2.24, 2.45) is 0 Å². The molecule has 0 aromatic heterocycles. The number of carboxylic acids is 1. The van der Waals surface area contributed by atoms with E-state index in [4.69, 9.17) is 22.0 Å². The van der Waals surface area contributed by atoms with Gasteiger partial charge in [0.25, 0.3) is 5.91 Å². The number of benzene rings is 1. The highest BCUT2D eigenvalue weighted by Crippen LogP contribution is 2.20. The van der Waals surface area contributed by atoms with Gasteiger partial charge in [-0.1, -0.05) is 17.7 Å². The van der Waals surface area contributed by atoms with Gasteiger partial charge >= 0.3 is 5.97 Å². The van der Waals surface area contributed by atoms with Gasteiger partial charge in [-0.05, 0) is 43.0 Å². The predicted octanol–water partition coefficient (Wildman–Crippen LogP) is 2.79. The summed E-state index contributed by atoms with van der Waals surface area (Å²) in [5.41, 5.74) is 1.07. The van der Waals surface area contributed by atoms with Gasteiger partial charge in [-0.25, -0.2) is 4.79 Å². The van der Waals surface area contributed by atoms with Crippen LogP contribution in [0.2, 0.25) is 5.02 Å². The van der Waals surface area contributed by atoms with E-state index >= 15 is 0 Å². The van der Waals surface area contributed by atoms with Gasteiger partial charge in [-0.3, -0.25) is 4.79 Å². The van der Waals surface area contributed by atoms with Crippen molar-refractivity contribution in [3.05, 3.63) is 40.6 Å². The minimum absolute atomic E-state index is 0.218. The number of hydrogen-bond acceptors (Lipinski definition) is 5. The minimum atomic E-state index is -1.04. The molecule has 0 heterocycles. The summed E-state index contributed by atoms with van der Waals surface area (Å²) in [4.78, 5) is 23.3. The first-order valence-corrected chi connectivity index (χ1v) is 8.81. The van der Waals surface area contributed by atoms with Gasteiger partial charge < -0.3 is 15.7 Å². The Morgan fingerprint density at radius 3 is 2.79 bits per heavy atom. The quantitative estimate of drug-likeness (QED) is 0.482. The van der Waals surface area contributed by atoms with Crippen LogP contribution in [0.15, 0.2) is 30.0 Å². The van der Waals surface area contributed by atoms with Crippen molar-refractivity contribution in [3.8, 4) is 6.07 Å². The van der Waals surface area contributed by atoms with E-state index in [1.807, 2.05) is 6.26 Å². The second kappa shape index (κ2) is 9.85. The van der Waals surface area contributed by atoms with Gasteiger partial charge in [-0.2, -0.15) is 17.0 Å². The highest BCUT2D eigenvalue weighted by atomic mass is 35.5. The monoisotopic (exact) mass is 367 g/mol. The second-order valence-corrected chi connectivity index (χ2v) is 6.34. The summed E-state index contributed by atoms with van der Waals surface area (Å²) in [5, 5.41) is 23.9. The van der Waals surface area contributed by atoms with Crippen molar-refractivity contribution in [1.29, 1.82) is 5.26 Å². The SMILES string of the molecule is CSCCC(N/C=C(/C#N)C(=O)Nc1cc(Cl)ccc1C)C(=O)O. The molecule has 0 spiro atoms. The van der Waals surface area contributed by atoms with E-state index in [0.717, 1.165) is 11.8 Å². The van der Waals surface area contributed by atoms with Crippen molar-refractivity contribution < 1.29 is 14.7 Å². The van der Waals surface area contributed by atoms with E-state index in [-0.39, 0.29) is 5.57 Å². The summed E-state index contributed by atoms with van der Waals surface area (Å²) >= 11 is 7.41. The van der Waals surface area contributed by atoms with Crippen LogP contribution >= 0.6 is 23.4 Å². The molecule has 1 atom stereocenters. The van der Waals surface area contributed by atoms with Crippen LogP contribution < -0.4 is 10.6 Å². The van der Waals surface area contributed by atoms with Crippen molar-refractivity contribution in [1.82, 2.24) is 5.32 Å². The molecule has 6 nitrogen and oxygen atoms in total. The van der Waals surface area contributed by atoms with Crippen LogP contribution in [0.1, 0.15) is 12.0 Å². The molecule has 1 amide bonds. The van der Waals surface area contributed by atoms with E-state index in [1.54, 1.807) is 31.2 Å². The number of nitrogens with one attached hydrogen (secondary N) is 2. The molecule has 3 N–H and O–H groups in total. The number of hydrogen-bond donors (Lipinski definition) is 3. The first-order chi connectivity index (χ1) is 11.4. The van der Waals surface area contributed by atoms with Crippen LogP contribution in [0, 0.1) is 18.3 Å². The molecule has 1 aromatic carbocycles. The Hall–Kier alpha value is -2.17. The van der Waals surface area contributed by atoms with Crippen molar-refractivity contribution in [2.75, 3.05) is 17.3 Å². The standard InChI is InChI=1S/C16H18ClN3O3S/c1-10-3-4-12(17)7-14(10)20-15(21)11(8-18)9-19-13(16(22)23)5-6-24-2/h3-4,7,9,13,19H,5-6H2,1-2H3,(H,20,21)(H,22,23)/b11-9-. The molecule has 0 aliphatic heterocycles. The molecule has 8 heteroatoms. The highest BCUT2D eigenvalue weighted by Gasteiger charge is 2.17. The molecule has 0 saturated heterocycles. The maximum absolute atomic E-state index is 12.2. The average molecular weight is 368 g/mol. The molecule has 0 fully saturated rings. The fourth-order valence-corrected chi connectivity index (χ4v) is 2.41. The summed E-state index contributed by atoms with van der Waals surface area (Å²) in [6.07, 6.45) is 3.38. The Labute approximate surface area is 149 Å². The Morgan fingerprint density at radius 1 is 1.50 bits per heavy atom. The smallest absolute Gasteiger partial charge is 0.326 e. The first-order valence-electron chi connectivity index (χ1n) is 7.04. The van der Waals surface area contributed by atoms with E-state index in [9.17, 15) is 9.59 Å². The van der Waals surface area contributed by atoms with Crippen LogP contribution in [-0.2, 0) is 9.59 Å². The molecule has 24 heavy (non-hydrogen) atoms. The van der Waals surface area contributed by atoms with Gasteiger partial charge in [0, 0.05) is 16.9 Å². The average Bonchev–Trinajstić information content (AvgIpc) is 2.53. The number of anilines is 1. The molecule has 0 aliphatic rings. The fourth-order valence-electron chi connectivity index (χ4n) is 1.76. The number of nitriles is 1. The first kappa shape index (κ1) is 19.9. The molecule has 0 saturated carbocycles. The predicted molar refractivity (Wildman–Crippen MR) is 96.1 cm³/mol. The number of nitrogens with zero attached hydrogens (tertiary/aromatic N) is 1. The number of halogens is 1. The van der Waals surface area contributed by atoms with Gasteiger partial charge in [-0.15, -0.1) is 0 Å². The normalized spacial score (nSPS) is 12.2. The number of aliphatic carboxylic acids is 1. The van der Waals surface area contributed by atoms with E-state index < -0.39 is 17.9 Å². The third kappa shape index (κ3) is 6.14. The molecule has 0 bridgehead atoms. The van der Waals surface area contributed by atoms with Gasteiger partial charge in [0.15, 0.2) is 0 Å². The van der Waals surface area contributed by atoms with Crippen molar-refractivity contribution in [2.45, 2.75) is 19.4 Å². The Morgan fingerprint density at radius 2 is 2.21 bits per heavy atom. The van der Waals surface area contributed by atoms with Crippen LogP contribution in [0.3, 0.4) is 0 Å². The van der Waals surface area contributed by atoms with E-state index in [2.05, 4.69) is 10.6 Å². The third-order valence-electron chi connectivity index (χ3n) is 3.15. The van der Waals surface area contributed by atoms with Gasteiger partial charge in [0.2, 0.25) is 0 Å². The molecule has 1 aromatic rings. The topological polar surface area (TPSA) is 102 Å². The molecular formula is C16H18ClN3O3S. The number of carboxylic acid groups (broad SMARTS) is 1. The zero-order valence-corrected chi connectivity index (χ0v) is 14.9. The fraction of sp³-hybridized carbons (Fsp3) is 0.312. The largest absolute Gasteiger partial charge is 0.480 e. The summed E-state index contributed by atoms with van der Waals surface area (Å²) < 4.78 is 0. The van der Waals surface area contributed by atoms with Gasteiger partial charge in [0.05, 0.1) is 0 Å². The van der Waals surface area contributed by atoms with Crippen molar-refractivity contribution >= 4 is 40.9 Å². The minimum Gasteiger partial charge on any atom is -0.480 e. The van der Waals surface area contributed by atoms with Crippen molar-refractivity contribution in [3.63, 3.8) is 0 Å². The maximum atomic E-state index is 12.2. The van der Waals surface area contributed by atoms with Gasteiger partial charge in [0.1, 0.15) is 17.7 Å². The molecule has 0 aliphatic carbocycles. The number of amides is 1. The molecular weight excluding hydrogens is 350 g/mol. The Kier molecular flexibility index (Phi) is 8.16. The number of aryl methyl sites for hydroxylation is 1. The van der Waals surface area contributed by atoms with Crippen LogP contribution in [0.5, 0.6) is 0 Å². The maximum Gasteiger partial charge on any atom is 0.326 e. The highest BCUT2D eigenvalue weighted by molar-refractivity contribution is 7.98. The van der Waals surface area contributed by atoms with Crippen LogP contribution in [-0.4, -0.2) is 35.0 Å². The van der Waals surface area contributed by atoms with E-state index in [0.29, 0.717) is 22.9 Å². The number of thioether (sulfide) groups is 1. The van der Waals surface area contributed by atoms with E-state index in [1.165, 1.54) is 11.8 Å². The third-order valence-corrected chi connectivity index (χ3v) is 4.03. The zero-order valence-electron chi connectivity index (χ0n) is 13.3. The second-order valence-electron chi connectivity index (χ2n) is 4.92. The summed E-state index contributed by atoms with van der Waals surface area (Å²) in [5.74, 6) is -1.03. The number of carbonyl (C=O) groups is 2. The lowest BCUT2D eigenvalue weighted by Gasteiger charge is -2.12.